The van der Waals surface area contributed by atoms with Gasteiger partial charge in [-0.3, -0.25) is 14.4 Å². The van der Waals surface area contributed by atoms with Crippen LogP contribution in [0.5, 0.6) is 11.5 Å². The zero-order chi connectivity index (χ0) is 29.2. The smallest absolute Gasteiger partial charge is 0.272 e. The molecular weight excluding hydrogens is 558 g/mol. The minimum atomic E-state index is -0.458. The lowest BCUT2D eigenvalue weighted by Crippen LogP contribution is -2.30. The summed E-state index contributed by atoms with van der Waals surface area (Å²) in [5, 5.41) is 11.8. The number of methoxy groups -OCH3 is 2. The minimum Gasteiger partial charge on any atom is -0.497 e. The van der Waals surface area contributed by atoms with E-state index in [4.69, 9.17) is 9.47 Å². The Morgan fingerprint density at radius 3 is 2.32 bits per heavy atom. The highest BCUT2D eigenvalue weighted by molar-refractivity contribution is 8.00. The number of rotatable bonds is 11. The maximum atomic E-state index is 13.2. The maximum absolute atomic E-state index is 13.2. The predicted octanol–water partition coefficient (Wildman–Crippen LogP) is 6.29. The highest BCUT2D eigenvalue weighted by Gasteiger charge is 2.18. The molecule has 4 rings (SSSR count). The largest absolute Gasteiger partial charge is 0.497 e. The normalized spacial score (nSPS) is 11.7. The van der Waals surface area contributed by atoms with Gasteiger partial charge in [-0.05, 0) is 83.9 Å². The number of benzene rings is 3. The van der Waals surface area contributed by atoms with Crippen LogP contribution in [0.4, 0.5) is 11.4 Å². The van der Waals surface area contributed by atoms with E-state index in [2.05, 4.69) is 16.0 Å². The van der Waals surface area contributed by atoms with Crippen molar-refractivity contribution in [1.29, 1.82) is 0 Å². The topological polar surface area (TPSA) is 106 Å². The van der Waals surface area contributed by atoms with Crippen LogP contribution in [-0.4, -0.2) is 37.2 Å². The summed E-state index contributed by atoms with van der Waals surface area (Å²) in [6, 6.07) is 22.9. The lowest BCUT2D eigenvalue weighted by molar-refractivity contribution is -0.115. The van der Waals surface area contributed by atoms with Gasteiger partial charge in [0, 0.05) is 22.2 Å². The van der Waals surface area contributed by atoms with E-state index in [0.717, 1.165) is 10.5 Å². The van der Waals surface area contributed by atoms with Gasteiger partial charge < -0.3 is 25.4 Å². The van der Waals surface area contributed by atoms with Crippen LogP contribution in [-0.2, 0) is 9.59 Å². The van der Waals surface area contributed by atoms with Gasteiger partial charge >= 0.3 is 0 Å². The van der Waals surface area contributed by atoms with E-state index in [9.17, 15) is 14.4 Å². The summed E-state index contributed by atoms with van der Waals surface area (Å²) in [7, 11) is 3.09. The third-order valence-electron chi connectivity index (χ3n) is 5.84. The van der Waals surface area contributed by atoms with Crippen molar-refractivity contribution in [3.8, 4) is 11.5 Å². The molecule has 10 heteroatoms. The summed E-state index contributed by atoms with van der Waals surface area (Å²) >= 11 is 2.87. The fourth-order valence-electron chi connectivity index (χ4n) is 3.69. The van der Waals surface area contributed by atoms with Gasteiger partial charge in [0.25, 0.3) is 11.8 Å². The predicted molar refractivity (Wildman–Crippen MR) is 165 cm³/mol. The number of ether oxygens (including phenoxy) is 2. The first kappa shape index (κ1) is 29.4. The van der Waals surface area contributed by atoms with Crippen molar-refractivity contribution < 1.29 is 23.9 Å². The Labute approximate surface area is 246 Å². The summed E-state index contributed by atoms with van der Waals surface area (Å²) in [5.74, 6) is 0.0980. The van der Waals surface area contributed by atoms with E-state index in [1.54, 1.807) is 74.7 Å². The average molecular weight is 588 g/mol. The Morgan fingerprint density at radius 2 is 1.66 bits per heavy atom. The standard InChI is InChI=1S/C31H29N3O5S2/c1-20(29(35)33-26-18-24(38-2)11-14-28(26)39-3)41-25-12-9-23(10-13-25)32-31(37)27(17-21-15-16-40-19-21)34-30(36)22-7-5-4-6-8-22/h4-20H,1-3H3,(H,32,37)(H,33,35)(H,34,36)/b27-17-. The van der Waals surface area contributed by atoms with Crippen LogP contribution in [0.3, 0.4) is 0 Å². The molecule has 1 heterocycles. The van der Waals surface area contributed by atoms with Gasteiger partial charge in [0.2, 0.25) is 5.91 Å². The zero-order valence-corrected chi connectivity index (χ0v) is 24.3. The molecule has 3 amide bonds. The summed E-state index contributed by atoms with van der Waals surface area (Å²) < 4.78 is 10.6. The maximum Gasteiger partial charge on any atom is 0.272 e. The number of carbonyl (C=O) groups excluding carboxylic acids is 3. The van der Waals surface area contributed by atoms with E-state index in [-0.39, 0.29) is 17.5 Å². The van der Waals surface area contributed by atoms with E-state index in [1.807, 2.05) is 35.0 Å². The number of thioether (sulfide) groups is 1. The van der Waals surface area contributed by atoms with Crippen LogP contribution in [0.1, 0.15) is 22.8 Å². The van der Waals surface area contributed by atoms with Gasteiger partial charge in [-0.15, -0.1) is 11.8 Å². The minimum absolute atomic E-state index is 0.119. The first-order valence-electron chi connectivity index (χ1n) is 12.6. The molecule has 0 saturated carbocycles. The van der Waals surface area contributed by atoms with Gasteiger partial charge in [0.1, 0.15) is 17.2 Å². The molecule has 41 heavy (non-hydrogen) atoms. The van der Waals surface area contributed by atoms with Gasteiger partial charge in [0.15, 0.2) is 0 Å². The van der Waals surface area contributed by atoms with Crippen molar-refractivity contribution in [3.05, 3.63) is 106 Å². The molecule has 0 spiro atoms. The monoisotopic (exact) mass is 587 g/mol. The quantitative estimate of drug-likeness (QED) is 0.141. The molecule has 3 N–H and O–H groups in total. The number of hydrogen-bond donors (Lipinski definition) is 3. The molecule has 0 aliphatic rings. The molecule has 0 bridgehead atoms. The molecule has 0 aliphatic heterocycles. The SMILES string of the molecule is COc1ccc(OC)c(NC(=O)C(C)Sc2ccc(NC(=O)/C(=C/c3ccsc3)NC(=O)c3ccccc3)cc2)c1. The molecule has 1 aromatic heterocycles. The molecule has 0 fully saturated rings. The van der Waals surface area contributed by atoms with Crippen LogP contribution >= 0.6 is 23.1 Å². The molecular formula is C31H29N3O5S2. The lowest BCUT2D eigenvalue weighted by Gasteiger charge is -2.15. The molecule has 0 saturated heterocycles. The number of anilines is 2. The van der Waals surface area contributed by atoms with Crippen LogP contribution in [0.2, 0.25) is 0 Å². The van der Waals surface area contributed by atoms with Crippen molar-refractivity contribution in [2.45, 2.75) is 17.1 Å². The Hall–Kier alpha value is -4.54. The zero-order valence-electron chi connectivity index (χ0n) is 22.7. The fourth-order valence-corrected chi connectivity index (χ4v) is 5.17. The van der Waals surface area contributed by atoms with Crippen molar-refractivity contribution in [1.82, 2.24) is 5.32 Å². The van der Waals surface area contributed by atoms with Gasteiger partial charge in [-0.25, -0.2) is 0 Å². The summed E-state index contributed by atoms with van der Waals surface area (Å²) in [4.78, 5) is 39.6. The third-order valence-corrected chi connectivity index (χ3v) is 7.66. The second-order valence-corrected chi connectivity index (χ2v) is 10.9. The lowest BCUT2D eigenvalue weighted by atomic mass is 10.2. The molecule has 1 unspecified atom stereocenters. The van der Waals surface area contributed by atoms with Crippen molar-refractivity contribution in [3.63, 3.8) is 0 Å². The molecule has 3 aromatic carbocycles. The van der Waals surface area contributed by atoms with E-state index < -0.39 is 11.2 Å². The highest BCUT2D eigenvalue weighted by atomic mass is 32.2. The Balaban J connectivity index is 1.40. The first-order chi connectivity index (χ1) is 19.9. The van der Waals surface area contributed by atoms with Crippen LogP contribution in [0, 0.1) is 0 Å². The number of nitrogens with one attached hydrogen (secondary N) is 3. The number of carbonyl (C=O) groups is 3. The molecule has 0 aliphatic carbocycles. The van der Waals surface area contributed by atoms with E-state index in [1.165, 1.54) is 30.2 Å². The van der Waals surface area contributed by atoms with Crippen LogP contribution < -0.4 is 25.4 Å². The molecule has 8 nitrogen and oxygen atoms in total. The van der Waals surface area contributed by atoms with Gasteiger partial charge in [-0.2, -0.15) is 11.3 Å². The van der Waals surface area contributed by atoms with Crippen molar-refractivity contribution in [2.24, 2.45) is 0 Å². The average Bonchev–Trinajstić information content (AvgIpc) is 3.51. The fraction of sp³-hybridized carbons (Fsp3) is 0.129. The molecule has 210 valence electrons. The first-order valence-corrected chi connectivity index (χ1v) is 14.4. The molecule has 1 atom stereocenters. The number of amides is 3. The summed E-state index contributed by atoms with van der Waals surface area (Å²) in [5.41, 5.74) is 2.43. The van der Waals surface area contributed by atoms with Gasteiger partial charge in [-0.1, -0.05) is 18.2 Å². The molecule has 4 aromatic rings. The van der Waals surface area contributed by atoms with Crippen molar-refractivity contribution in [2.75, 3.05) is 24.9 Å². The third kappa shape index (κ3) is 8.23. The van der Waals surface area contributed by atoms with E-state index in [0.29, 0.717) is 28.4 Å². The number of hydrogen-bond acceptors (Lipinski definition) is 7. The summed E-state index contributed by atoms with van der Waals surface area (Å²) in [6.07, 6.45) is 1.63. The van der Waals surface area contributed by atoms with Gasteiger partial charge in [0.05, 0.1) is 25.2 Å². The summed E-state index contributed by atoms with van der Waals surface area (Å²) in [6.45, 7) is 1.80. The van der Waals surface area contributed by atoms with Crippen LogP contribution in [0.25, 0.3) is 6.08 Å². The van der Waals surface area contributed by atoms with Crippen molar-refractivity contribution >= 4 is 58.3 Å². The highest BCUT2D eigenvalue weighted by Crippen LogP contribution is 2.31. The Kier molecular flexibility index (Phi) is 10.2. The second kappa shape index (κ2) is 14.2. The number of thiophene rings is 1. The van der Waals surface area contributed by atoms with E-state index >= 15 is 0 Å². The Morgan fingerprint density at radius 1 is 0.902 bits per heavy atom. The second-order valence-electron chi connectivity index (χ2n) is 8.73. The molecule has 0 radical (unpaired) electrons. The Bertz CT molecular complexity index is 1520. The van der Waals surface area contributed by atoms with Crippen LogP contribution in [0.15, 0.2) is 100 Å².